The van der Waals surface area contributed by atoms with Crippen LogP contribution in [-0.4, -0.2) is 8.42 Å². The van der Waals surface area contributed by atoms with Crippen molar-refractivity contribution in [1.29, 1.82) is 5.26 Å². The predicted octanol–water partition coefficient (Wildman–Crippen LogP) is 1.89. The highest BCUT2D eigenvalue weighted by molar-refractivity contribution is 7.89. The Hall–Kier alpha value is -2.56. The van der Waals surface area contributed by atoms with Gasteiger partial charge in [-0.05, 0) is 36.8 Å². The number of hydrogen-bond acceptors (Lipinski definition) is 5. The van der Waals surface area contributed by atoms with Gasteiger partial charge in [0.2, 0.25) is 10.0 Å². The topological polar surface area (TPSA) is 119 Å². The van der Waals surface area contributed by atoms with Crippen LogP contribution in [0.15, 0.2) is 41.3 Å². The molecule has 0 radical (unpaired) electrons. The van der Waals surface area contributed by atoms with Crippen molar-refractivity contribution in [3.8, 4) is 17.6 Å². The first-order chi connectivity index (χ1) is 9.81. The average molecular weight is 303 g/mol. The number of ether oxygens (including phenoxy) is 1. The van der Waals surface area contributed by atoms with Gasteiger partial charge in [0.25, 0.3) is 0 Å². The molecule has 0 heterocycles. The van der Waals surface area contributed by atoms with Gasteiger partial charge in [-0.25, -0.2) is 13.6 Å². The van der Waals surface area contributed by atoms with Crippen LogP contribution in [0.5, 0.6) is 11.5 Å². The minimum absolute atomic E-state index is 0.00379. The van der Waals surface area contributed by atoms with E-state index in [0.29, 0.717) is 17.1 Å². The highest BCUT2D eigenvalue weighted by Gasteiger charge is 2.13. The van der Waals surface area contributed by atoms with E-state index in [4.69, 9.17) is 20.9 Å². The number of nitriles is 1. The molecule has 0 aromatic heterocycles. The van der Waals surface area contributed by atoms with Gasteiger partial charge in [0.15, 0.2) is 0 Å². The molecule has 0 saturated heterocycles. The Labute approximate surface area is 122 Å². The molecule has 0 unspecified atom stereocenters. The molecule has 0 aliphatic rings. The van der Waals surface area contributed by atoms with Crippen molar-refractivity contribution in [3.05, 3.63) is 47.5 Å². The summed E-state index contributed by atoms with van der Waals surface area (Å²) in [5, 5.41) is 13.9. The van der Waals surface area contributed by atoms with Crippen molar-refractivity contribution in [2.75, 3.05) is 5.73 Å². The lowest BCUT2D eigenvalue weighted by Gasteiger charge is -2.11. The number of primary sulfonamides is 1. The molecule has 0 atom stereocenters. The summed E-state index contributed by atoms with van der Waals surface area (Å²) in [6, 6.07) is 11.2. The SMILES string of the molecule is Cc1ccc(C#N)cc1Oc1ccc(S(N)(=O)=O)c(N)c1. The minimum atomic E-state index is -3.87. The lowest BCUT2D eigenvalue weighted by atomic mass is 10.1. The fourth-order valence-corrected chi connectivity index (χ4v) is 2.40. The van der Waals surface area contributed by atoms with Crippen molar-refractivity contribution in [2.24, 2.45) is 5.14 Å². The fourth-order valence-electron chi connectivity index (χ4n) is 1.76. The summed E-state index contributed by atoms with van der Waals surface area (Å²) in [4.78, 5) is -0.155. The number of aryl methyl sites for hydroxylation is 1. The van der Waals surface area contributed by atoms with Gasteiger partial charge in [-0.2, -0.15) is 5.26 Å². The molecule has 0 fully saturated rings. The normalized spacial score (nSPS) is 10.9. The van der Waals surface area contributed by atoms with Gasteiger partial charge in [-0.15, -0.1) is 0 Å². The van der Waals surface area contributed by atoms with Gasteiger partial charge in [0.05, 0.1) is 17.3 Å². The molecular formula is C14H13N3O3S. The Morgan fingerprint density at radius 3 is 2.48 bits per heavy atom. The molecule has 21 heavy (non-hydrogen) atoms. The smallest absolute Gasteiger partial charge is 0.240 e. The number of rotatable bonds is 3. The molecular weight excluding hydrogens is 290 g/mol. The molecule has 0 aliphatic carbocycles. The standard InChI is InChI=1S/C14H13N3O3S/c1-9-2-3-10(8-15)6-13(9)20-11-4-5-14(12(16)7-11)21(17,18)19/h2-7H,16H2,1H3,(H2,17,18,19). The van der Waals surface area contributed by atoms with E-state index >= 15 is 0 Å². The first-order valence-corrected chi connectivity index (χ1v) is 7.47. The van der Waals surface area contributed by atoms with Gasteiger partial charge in [0.1, 0.15) is 16.4 Å². The Balaban J connectivity index is 2.38. The van der Waals surface area contributed by atoms with Crippen molar-refractivity contribution < 1.29 is 13.2 Å². The first-order valence-electron chi connectivity index (χ1n) is 5.92. The summed E-state index contributed by atoms with van der Waals surface area (Å²) < 4.78 is 28.2. The van der Waals surface area contributed by atoms with E-state index in [1.54, 1.807) is 18.2 Å². The largest absolute Gasteiger partial charge is 0.457 e. The third-order valence-corrected chi connectivity index (χ3v) is 3.82. The van der Waals surface area contributed by atoms with Crippen LogP contribution in [0.3, 0.4) is 0 Å². The lowest BCUT2D eigenvalue weighted by molar-refractivity contribution is 0.478. The van der Waals surface area contributed by atoms with Crippen LogP contribution in [0.4, 0.5) is 5.69 Å². The summed E-state index contributed by atoms with van der Waals surface area (Å²) >= 11 is 0. The minimum Gasteiger partial charge on any atom is -0.457 e. The first kappa shape index (κ1) is 14.8. The van der Waals surface area contributed by atoms with E-state index in [9.17, 15) is 8.42 Å². The summed E-state index contributed by atoms with van der Waals surface area (Å²) in [6.45, 7) is 1.83. The van der Waals surface area contributed by atoms with Crippen molar-refractivity contribution in [2.45, 2.75) is 11.8 Å². The van der Waals surface area contributed by atoms with Crippen LogP contribution in [0.2, 0.25) is 0 Å². The highest BCUT2D eigenvalue weighted by Crippen LogP contribution is 2.29. The molecule has 0 saturated carbocycles. The van der Waals surface area contributed by atoms with E-state index < -0.39 is 10.0 Å². The zero-order valence-electron chi connectivity index (χ0n) is 11.2. The zero-order chi connectivity index (χ0) is 15.6. The van der Waals surface area contributed by atoms with E-state index in [-0.39, 0.29) is 10.6 Å². The number of hydrogen-bond donors (Lipinski definition) is 2. The number of nitrogens with zero attached hydrogens (tertiary/aromatic N) is 1. The van der Waals surface area contributed by atoms with Gasteiger partial charge in [-0.3, -0.25) is 0 Å². The zero-order valence-corrected chi connectivity index (χ0v) is 12.0. The molecule has 2 aromatic rings. The molecule has 0 aliphatic heterocycles. The number of anilines is 1. The molecule has 2 rings (SSSR count). The maximum absolute atomic E-state index is 11.3. The Morgan fingerprint density at radius 2 is 1.90 bits per heavy atom. The molecule has 0 bridgehead atoms. The summed E-state index contributed by atoms with van der Waals surface area (Å²) in [5.41, 5.74) is 6.97. The molecule has 0 amide bonds. The summed E-state index contributed by atoms with van der Waals surface area (Å²) in [7, 11) is -3.87. The van der Waals surface area contributed by atoms with Crippen LogP contribution >= 0.6 is 0 Å². The quantitative estimate of drug-likeness (QED) is 0.839. The van der Waals surface area contributed by atoms with Gasteiger partial charge >= 0.3 is 0 Å². The fraction of sp³-hybridized carbons (Fsp3) is 0.0714. The second-order valence-electron chi connectivity index (χ2n) is 4.44. The van der Waals surface area contributed by atoms with Crippen LogP contribution in [0.1, 0.15) is 11.1 Å². The van der Waals surface area contributed by atoms with Crippen LogP contribution in [0, 0.1) is 18.3 Å². The monoisotopic (exact) mass is 303 g/mol. The van der Waals surface area contributed by atoms with E-state index in [2.05, 4.69) is 0 Å². The van der Waals surface area contributed by atoms with Gasteiger partial charge < -0.3 is 10.5 Å². The van der Waals surface area contributed by atoms with Crippen LogP contribution < -0.4 is 15.6 Å². The maximum Gasteiger partial charge on any atom is 0.240 e. The predicted molar refractivity (Wildman–Crippen MR) is 78.2 cm³/mol. The van der Waals surface area contributed by atoms with E-state index in [1.807, 2.05) is 13.0 Å². The van der Waals surface area contributed by atoms with Gasteiger partial charge in [-0.1, -0.05) is 6.07 Å². The number of nitrogens with two attached hydrogens (primary N) is 2. The van der Waals surface area contributed by atoms with Crippen molar-refractivity contribution in [3.63, 3.8) is 0 Å². The highest BCUT2D eigenvalue weighted by atomic mass is 32.2. The van der Waals surface area contributed by atoms with Crippen molar-refractivity contribution in [1.82, 2.24) is 0 Å². The van der Waals surface area contributed by atoms with Gasteiger partial charge in [0, 0.05) is 6.07 Å². The lowest BCUT2D eigenvalue weighted by Crippen LogP contribution is -2.14. The van der Waals surface area contributed by atoms with Crippen LogP contribution in [-0.2, 0) is 10.0 Å². The number of sulfonamides is 1. The molecule has 108 valence electrons. The summed E-state index contributed by atoms with van der Waals surface area (Å²) in [6.07, 6.45) is 0. The Bertz CT molecular complexity index is 839. The number of benzene rings is 2. The number of nitrogen functional groups attached to an aromatic ring is 1. The molecule has 0 spiro atoms. The van der Waals surface area contributed by atoms with E-state index in [0.717, 1.165) is 5.56 Å². The average Bonchev–Trinajstić information content (AvgIpc) is 2.40. The maximum atomic E-state index is 11.3. The molecule has 6 nitrogen and oxygen atoms in total. The third-order valence-electron chi connectivity index (χ3n) is 2.83. The molecule has 7 heteroatoms. The second-order valence-corrected chi connectivity index (χ2v) is 5.97. The van der Waals surface area contributed by atoms with Crippen molar-refractivity contribution >= 4 is 15.7 Å². The second kappa shape index (κ2) is 5.44. The van der Waals surface area contributed by atoms with E-state index in [1.165, 1.54) is 18.2 Å². The Morgan fingerprint density at radius 1 is 1.19 bits per heavy atom. The molecule has 4 N–H and O–H groups in total. The molecule has 2 aromatic carbocycles. The Kier molecular flexibility index (Phi) is 3.84. The van der Waals surface area contributed by atoms with Crippen LogP contribution in [0.25, 0.3) is 0 Å². The summed E-state index contributed by atoms with van der Waals surface area (Å²) in [5.74, 6) is 0.856. The third kappa shape index (κ3) is 3.31.